The zero-order valence-corrected chi connectivity index (χ0v) is 14.0. The van der Waals surface area contributed by atoms with Crippen LogP contribution in [0.5, 0.6) is 5.75 Å². The molecule has 0 saturated carbocycles. The van der Waals surface area contributed by atoms with E-state index in [1.807, 2.05) is 43.3 Å². The Morgan fingerprint density at radius 2 is 1.91 bits per heavy atom. The normalized spacial score (nSPS) is 10.3. The van der Waals surface area contributed by atoms with Crippen molar-refractivity contribution in [2.45, 2.75) is 39.5 Å². The number of carbonyl (C=O) groups is 1. The molecule has 0 saturated heterocycles. The van der Waals surface area contributed by atoms with Crippen LogP contribution in [0.3, 0.4) is 0 Å². The van der Waals surface area contributed by atoms with Crippen molar-refractivity contribution >= 4 is 11.6 Å². The number of hydrogen-bond acceptors (Lipinski definition) is 2. The summed E-state index contributed by atoms with van der Waals surface area (Å²) in [6, 6.07) is 16.0. The van der Waals surface area contributed by atoms with E-state index in [0.29, 0.717) is 13.0 Å². The first-order valence-electron chi connectivity index (χ1n) is 8.26. The lowest BCUT2D eigenvalue weighted by atomic mass is 10.1. The molecule has 3 heteroatoms. The molecule has 0 fully saturated rings. The minimum absolute atomic E-state index is 0.0613. The van der Waals surface area contributed by atoms with Crippen LogP contribution in [0.1, 0.15) is 37.3 Å². The number of hydrogen-bond donors (Lipinski definition) is 1. The van der Waals surface area contributed by atoms with Crippen molar-refractivity contribution in [3.63, 3.8) is 0 Å². The molecule has 0 atom stereocenters. The van der Waals surface area contributed by atoms with Gasteiger partial charge in [-0.15, -0.1) is 0 Å². The fourth-order valence-corrected chi connectivity index (χ4v) is 2.40. The molecule has 0 aliphatic rings. The standard InChI is InChI=1S/C20H25NO2/c1-3-14-23-18-12-13-19(16(2)15-18)21-20(22)11-7-10-17-8-5-4-6-9-17/h4-6,8-9,12-13,15H,3,7,10-11,14H2,1-2H3,(H,21,22). The predicted octanol–water partition coefficient (Wildman–Crippen LogP) is 4.75. The van der Waals surface area contributed by atoms with E-state index in [4.69, 9.17) is 4.74 Å². The largest absolute Gasteiger partial charge is 0.494 e. The van der Waals surface area contributed by atoms with Crippen molar-refractivity contribution in [2.24, 2.45) is 0 Å². The second-order valence-corrected chi connectivity index (χ2v) is 5.71. The number of anilines is 1. The molecule has 0 unspecified atom stereocenters. The number of aryl methyl sites for hydroxylation is 2. The fourth-order valence-electron chi connectivity index (χ4n) is 2.40. The fraction of sp³-hybridized carbons (Fsp3) is 0.350. The van der Waals surface area contributed by atoms with Gasteiger partial charge in [-0.05, 0) is 55.5 Å². The molecule has 3 nitrogen and oxygen atoms in total. The van der Waals surface area contributed by atoms with E-state index in [1.54, 1.807) is 0 Å². The number of benzene rings is 2. The zero-order chi connectivity index (χ0) is 16.5. The van der Waals surface area contributed by atoms with E-state index in [9.17, 15) is 4.79 Å². The molecule has 0 bridgehead atoms. The van der Waals surface area contributed by atoms with Gasteiger partial charge in [-0.25, -0.2) is 0 Å². The Morgan fingerprint density at radius 3 is 2.61 bits per heavy atom. The van der Waals surface area contributed by atoms with Crippen molar-refractivity contribution in [1.29, 1.82) is 0 Å². The van der Waals surface area contributed by atoms with Gasteiger partial charge in [-0.3, -0.25) is 4.79 Å². The predicted molar refractivity (Wildman–Crippen MR) is 95.0 cm³/mol. The Labute approximate surface area is 138 Å². The molecule has 0 spiro atoms. The number of nitrogens with one attached hydrogen (secondary N) is 1. The summed E-state index contributed by atoms with van der Waals surface area (Å²) in [5, 5.41) is 2.99. The SMILES string of the molecule is CCCOc1ccc(NC(=O)CCCc2ccccc2)c(C)c1. The van der Waals surface area contributed by atoms with E-state index < -0.39 is 0 Å². The quantitative estimate of drug-likeness (QED) is 0.764. The van der Waals surface area contributed by atoms with Crippen LogP contribution in [0.15, 0.2) is 48.5 Å². The summed E-state index contributed by atoms with van der Waals surface area (Å²) in [6.07, 6.45) is 3.30. The summed E-state index contributed by atoms with van der Waals surface area (Å²) in [4.78, 5) is 12.1. The van der Waals surface area contributed by atoms with Crippen molar-refractivity contribution < 1.29 is 9.53 Å². The number of ether oxygens (including phenoxy) is 1. The lowest BCUT2D eigenvalue weighted by Crippen LogP contribution is -2.12. The Bertz CT molecular complexity index is 623. The van der Waals surface area contributed by atoms with Gasteiger partial charge >= 0.3 is 0 Å². The van der Waals surface area contributed by atoms with Crippen LogP contribution >= 0.6 is 0 Å². The summed E-state index contributed by atoms with van der Waals surface area (Å²) in [7, 11) is 0. The molecule has 0 aliphatic heterocycles. The van der Waals surface area contributed by atoms with Gasteiger partial charge in [0.15, 0.2) is 0 Å². The molecule has 2 rings (SSSR count). The minimum atomic E-state index is 0.0613. The van der Waals surface area contributed by atoms with Crippen LogP contribution in [0.25, 0.3) is 0 Å². The van der Waals surface area contributed by atoms with Gasteiger partial charge in [0.05, 0.1) is 6.61 Å². The molecule has 0 aromatic heterocycles. The smallest absolute Gasteiger partial charge is 0.224 e. The topological polar surface area (TPSA) is 38.3 Å². The highest BCUT2D eigenvalue weighted by atomic mass is 16.5. The van der Waals surface area contributed by atoms with E-state index in [2.05, 4.69) is 24.4 Å². The van der Waals surface area contributed by atoms with Gasteiger partial charge in [0, 0.05) is 12.1 Å². The average molecular weight is 311 g/mol. The first-order valence-corrected chi connectivity index (χ1v) is 8.26. The van der Waals surface area contributed by atoms with E-state index in [1.165, 1.54) is 5.56 Å². The van der Waals surface area contributed by atoms with Crippen LogP contribution in [-0.2, 0) is 11.2 Å². The summed E-state index contributed by atoms with van der Waals surface area (Å²) >= 11 is 0. The highest BCUT2D eigenvalue weighted by Crippen LogP contribution is 2.22. The molecule has 2 aromatic carbocycles. The highest BCUT2D eigenvalue weighted by Gasteiger charge is 2.06. The van der Waals surface area contributed by atoms with E-state index >= 15 is 0 Å². The van der Waals surface area contributed by atoms with Crippen LogP contribution in [0.4, 0.5) is 5.69 Å². The molecule has 1 N–H and O–H groups in total. The highest BCUT2D eigenvalue weighted by molar-refractivity contribution is 5.91. The first kappa shape index (κ1) is 17.1. The Kier molecular flexibility index (Phi) is 6.67. The van der Waals surface area contributed by atoms with Gasteiger partial charge in [-0.1, -0.05) is 37.3 Å². The average Bonchev–Trinajstić information content (AvgIpc) is 2.56. The molecular weight excluding hydrogens is 286 g/mol. The molecule has 0 radical (unpaired) electrons. The summed E-state index contributed by atoms with van der Waals surface area (Å²) in [6.45, 7) is 4.78. The molecule has 1 amide bonds. The van der Waals surface area contributed by atoms with Crippen molar-refractivity contribution in [2.75, 3.05) is 11.9 Å². The first-order chi connectivity index (χ1) is 11.2. The second-order valence-electron chi connectivity index (χ2n) is 5.71. The van der Waals surface area contributed by atoms with Crippen LogP contribution < -0.4 is 10.1 Å². The summed E-state index contributed by atoms with van der Waals surface area (Å²) in [5.74, 6) is 0.915. The lowest BCUT2D eigenvalue weighted by molar-refractivity contribution is -0.116. The third kappa shape index (κ3) is 5.78. The summed E-state index contributed by atoms with van der Waals surface area (Å²) in [5.41, 5.74) is 3.16. The zero-order valence-electron chi connectivity index (χ0n) is 14.0. The Hall–Kier alpha value is -2.29. The maximum absolute atomic E-state index is 12.1. The van der Waals surface area contributed by atoms with Crippen LogP contribution in [0.2, 0.25) is 0 Å². The Morgan fingerprint density at radius 1 is 1.13 bits per heavy atom. The monoisotopic (exact) mass is 311 g/mol. The van der Waals surface area contributed by atoms with Crippen molar-refractivity contribution in [3.8, 4) is 5.75 Å². The number of carbonyl (C=O) groups excluding carboxylic acids is 1. The van der Waals surface area contributed by atoms with Crippen molar-refractivity contribution in [3.05, 3.63) is 59.7 Å². The number of amides is 1. The molecule has 0 aliphatic carbocycles. The van der Waals surface area contributed by atoms with Gasteiger partial charge < -0.3 is 10.1 Å². The van der Waals surface area contributed by atoms with E-state index in [-0.39, 0.29) is 5.91 Å². The Balaban J connectivity index is 1.80. The maximum atomic E-state index is 12.1. The third-order valence-corrected chi connectivity index (χ3v) is 3.66. The molecule has 122 valence electrons. The molecular formula is C20H25NO2. The number of rotatable bonds is 8. The van der Waals surface area contributed by atoms with Crippen LogP contribution in [-0.4, -0.2) is 12.5 Å². The molecule has 2 aromatic rings. The van der Waals surface area contributed by atoms with Crippen molar-refractivity contribution in [1.82, 2.24) is 0 Å². The third-order valence-electron chi connectivity index (χ3n) is 3.66. The van der Waals surface area contributed by atoms with E-state index in [0.717, 1.165) is 36.3 Å². The van der Waals surface area contributed by atoms with Gasteiger partial charge in [0.1, 0.15) is 5.75 Å². The molecule has 23 heavy (non-hydrogen) atoms. The second kappa shape index (κ2) is 8.99. The molecule has 0 heterocycles. The summed E-state index contributed by atoms with van der Waals surface area (Å²) < 4.78 is 5.60. The van der Waals surface area contributed by atoms with Gasteiger partial charge in [0.25, 0.3) is 0 Å². The van der Waals surface area contributed by atoms with Gasteiger partial charge in [0.2, 0.25) is 5.91 Å². The minimum Gasteiger partial charge on any atom is -0.494 e. The van der Waals surface area contributed by atoms with Gasteiger partial charge in [-0.2, -0.15) is 0 Å². The lowest BCUT2D eigenvalue weighted by Gasteiger charge is -2.11. The maximum Gasteiger partial charge on any atom is 0.224 e. The van der Waals surface area contributed by atoms with Crippen LogP contribution in [0, 0.1) is 6.92 Å².